The smallest absolute Gasteiger partial charge is 0.417 e. The summed E-state index contributed by atoms with van der Waals surface area (Å²) in [5, 5.41) is 3.07. The van der Waals surface area contributed by atoms with Crippen LogP contribution >= 0.6 is 0 Å². The molecule has 4 rings (SSSR count). The van der Waals surface area contributed by atoms with Crippen molar-refractivity contribution in [3.8, 4) is 5.75 Å². The molecular formula is C23H24F3N7O2. The average Bonchev–Trinajstić information content (AvgIpc) is 2.83. The molecule has 3 aromatic rings. The number of carbonyl (C=O) groups excluding carboxylic acids is 1. The van der Waals surface area contributed by atoms with Crippen molar-refractivity contribution in [3.05, 3.63) is 65.5 Å². The molecule has 35 heavy (non-hydrogen) atoms. The van der Waals surface area contributed by atoms with Gasteiger partial charge in [-0.2, -0.15) is 28.1 Å². The topological polar surface area (TPSA) is 109 Å². The second kappa shape index (κ2) is 10.1. The predicted octanol–water partition coefficient (Wildman–Crippen LogP) is 3.18. The zero-order chi connectivity index (χ0) is 25.0. The lowest BCUT2D eigenvalue weighted by molar-refractivity contribution is -0.138. The van der Waals surface area contributed by atoms with Gasteiger partial charge in [0.05, 0.1) is 30.5 Å². The summed E-state index contributed by atoms with van der Waals surface area (Å²) in [5.41, 5.74) is 5.26. The number of alkyl halides is 3. The van der Waals surface area contributed by atoms with Crippen LogP contribution in [0.1, 0.15) is 21.7 Å². The number of hydrogen-bond donors (Lipinski definition) is 2. The molecule has 0 aliphatic carbocycles. The molecule has 184 valence electrons. The van der Waals surface area contributed by atoms with Gasteiger partial charge < -0.3 is 20.7 Å². The van der Waals surface area contributed by atoms with Crippen LogP contribution < -0.4 is 15.8 Å². The molecule has 0 radical (unpaired) electrons. The number of ether oxygens (including phenoxy) is 1. The lowest BCUT2D eigenvalue weighted by Gasteiger charge is -2.34. The molecule has 2 aromatic carbocycles. The Balaban J connectivity index is 1.40. The molecule has 3 N–H and O–H groups in total. The van der Waals surface area contributed by atoms with Crippen molar-refractivity contribution in [3.63, 3.8) is 0 Å². The standard InChI is InChI=1S/C23H24F3N7O2/c1-35-18-9-5-4-8-17(18)28-22-30-19(29-21(27)31-22)14-32-10-12-33(13-11-32)20(34)15-6-2-3-7-16(15)23(24,25)26/h2-9H,10-14H2,1H3,(H3,27,28,29,30,31). The van der Waals surface area contributed by atoms with Crippen LogP contribution in [0.15, 0.2) is 48.5 Å². The number of para-hydroxylation sites is 2. The monoisotopic (exact) mass is 487 g/mol. The van der Waals surface area contributed by atoms with Crippen LogP contribution in [-0.4, -0.2) is 63.9 Å². The van der Waals surface area contributed by atoms with Gasteiger partial charge in [-0.3, -0.25) is 9.69 Å². The second-order valence-corrected chi connectivity index (χ2v) is 7.87. The number of rotatable bonds is 6. The number of benzene rings is 2. The minimum atomic E-state index is -4.60. The summed E-state index contributed by atoms with van der Waals surface area (Å²) in [5.74, 6) is 0.711. The molecule has 12 heteroatoms. The number of hydrogen-bond acceptors (Lipinski definition) is 8. The van der Waals surface area contributed by atoms with Crippen LogP contribution in [0.4, 0.5) is 30.8 Å². The number of anilines is 3. The molecule has 0 unspecified atom stereocenters. The van der Waals surface area contributed by atoms with Crippen LogP contribution in [0.25, 0.3) is 0 Å². The molecule has 1 aliphatic heterocycles. The van der Waals surface area contributed by atoms with Gasteiger partial charge in [0.25, 0.3) is 5.91 Å². The van der Waals surface area contributed by atoms with E-state index in [1.807, 2.05) is 23.1 Å². The Bertz CT molecular complexity index is 1200. The van der Waals surface area contributed by atoms with E-state index >= 15 is 0 Å². The molecular weight excluding hydrogens is 463 g/mol. The van der Waals surface area contributed by atoms with Gasteiger partial charge in [0.15, 0.2) is 0 Å². The predicted molar refractivity (Wildman–Crippen MR) is 123 cm³/mol. The Morgan fingerprint density at radius 2 is 1.71 bits per heavy atom. The molecule has 0 bridgehead atoms. The van der Waals surface area contributed by atoms with Crippen LogP contribution in [-0.2, 0) is 12.7 Å². The highest BCUT2D eigenvalue weighted by atomic mass is 19.4. The zero-order valence-corrected chi connectivity index (χ0v) is 18.9. The highest BCUT2D eigenvalue weighted by Crippen LogP contribution is 2.32. The molecule has 0 spiro atoms. The minimum absolute atomic E-state index is 0.0463. The van der Waals surface area contributed by atoms with Crippen LogP contribution in [0.5, 0.6) is 5.75 Å². The molecule has 2 heterocycles. The summed E-state index contributed by atoms with van der Waals surface area (Å²) in [6, 6.07) is 12.1. The molecule has 9 nitrogen and oxygen atoms in total. The number of carbonyl (C=O) groups is 1. The van der Waals surface area contributed by atoms with E-state index in [1.54, 1.807) is 13.2 Å². The number of nitrogen functional groups attached to an aromatic ring is 1. The van der Waals surface area contributed by atoms with E-state index < -0.39 is 17.6 Å². The molecule has 0 saturated carbocycles. The molecule has 1 amide bonds. The largest absolute Gasteiger partial charge is 0.495 e. The maximum absolute atomic E-state index is 13.3. The number of nitrogens with one attached hydrogen (secondary N) is 1. The van der Waals surface area contributed by atoms with Crippen LogP contribution in [0.3, 0.4) is 0 Å². The first-order valence-electron chi connectivity index (χ1n) is 10.8. The van der Waals surface area contributed by atoms with Crippen molar-refractivity contribution < 1.29 is 22.7 Å². The van der Waals surface area contributed by atoms with Crippen molar-refractivity contribution in [1.29, 1.82) is 0 Å². The van der Waals surface area contributed by atoms with E-state index in [0.717, 1.165) is 6.07 Å². The lowest BCUT2D eigenvalue weighted by atomic mass is 10.1. The van der Waals surface area contributed by atoms with E-state index in [0.29, 0.717) is 36.9 Å². The Hall–Kier alpha value is -3.93. The highest BCUT2D eigenvalue weighted by Gasteiger charge is 2.36. The normalized spacial score (nSPS) is 14.6. The van der Waals surface area contributed by atoms with Gasteiger partial charge in [0, 0.05) is 26.2 Å². The van der Waals surface area contributed by atoms with Gasteiger partial charge >= 0.3 is 6.18 Å². The third-order valence-electron chi connectivity index (χ3n) is 5.54. The number of amides is 1. The second-order valence-electron chi connectivity index (χ2n) is 7.87. The zero-order valence-electron chi connectivity index (χ0n) is 18.9. The number of aromatic nitrogens is 3. The summed E-state index contributed by atoms with van der Waals surface area (Å²) in [6.45, 7) is 1.78. The number of methoxy groups -OCH3 is 1. The van der Waals surface area contributed by atoms with Crippen molar-refractivity contribution in [2.45, 2.75) is 12.7 Å². The third kappa shape index (κ3) is 5.77. The maximum atomic E-state index is 13.3. The quantitative estimate of drug-likeness (QED) is 0.546. The van der Waals surface area contributed by atoms with Crippen LogP contribution in [0.2, 0.25) is 0 Å². The number of nitrogens with zero attached hydrogens (tertiary/aromatic N) is 5. The fraction of sp³-hybridized carbons (Fsp3) is 0.304. The van der Waals surface area contributed by atoms with E-state index in [-0.39, 0.29) is 30.5 Å². The van der Waals surface area contributed by atoms with E-state index in [9.17, 15) is 18.0 Å². The van der Waals surface area contributed by atoms with Gasteiger partial charge in [-0.1, -0.05) is 24.3 Å². The first-order valence-corrected chi connectivity index (χ1v) is 10.8. The van der Waals surface area contributed by atoms with Crippen LogP contribution in [0, 0.1) is 0 Å². The van der Waals surface area contributed by atoms with Crippen molar-refractivity contribution in [1.82, 2.24) is 24.8 Å². The molecule has 1 aliphatic rings. The summed E-state index contributed by atoms with van der Waals surface area (Å²) < 4.78 is 45.2. The summed E-state index contributed by atoms with van der Waals surface area (Å²) in [6.07, 6.45) is -4.60. The number of halogens is 3. The highest BCUT2D eigenvalue weighted by molar-refractivity contribution is 5.96. The fourth-order valence-corrected chi connectivity index (χ4v) is 3.83. The van der Waals surface area contributed by atoms with Crippen molar-refractivity contribution >= 4 is 23.5 Å². The van der Waals surface area contributed by atoms with Gasteiger partial charge in [-0.25, -0.2) is 0 Å². The molecule has 1 fully saturated rings. The Labute approximate surface area is 199 Å². The number of piperazine rings is 1. The van der Waals surface area contributed by atoms with E-state index in [1.165, 1.54) is 23.1 Å². The van der Waals surface area contributed by atoms with Gasteiger partial charge in [-0.15, -0.1) is 0 Å². The molecule has 1 aromatic heterocycles. The summed E-state index contributed by atoms with van der Waals surface area (Å²) >= 11 is 0. The maximum Gasteiger partial charge on any atom is 0.417 e. The van der Waals surface area contributed by atoms with E-state index in [2.05, 4.69) is 20.3 Å². The van der Waals surface area contributed by atoms with E-state index in [4.69, 9.17) is 10.5 Å². The third-order valence-corrected chi connectivity index (χ3v) is 5.54. The summed E-state index contributed by atoms with van der Waals surface area (Å²) in [7, 11) is 1.56. The van der Waals surface area contributed by atoms with Crippen molar-refractivity contribution in [2.24, 2.45) is 0 Å². The van der Waals surface area contributed by atoms with Gasteiger partial charge in [0.2, 0.25) is 11.9 Å². The Morgan fingerprint density at radius 1 is 1.03 bits per heavy atom. The first-order chi connectivity index (χ1) is 16.7. The average molecular weight is 487 g/mol. The molecule has 0 atom stereocenters. The number of nitrogens with two attached hydrogens (primary N) is 1. The Kier molecular flexibility index (Phi) is 7.01. The van der Waals surface area contributed by atoms with Crippen molar-refractivity contribution in [2.75, 3.05) is 44.3 Å². The van der Waals surface area contributed by atoms with Gasteiger partial charge in [0.1, 0.15) is 11.6 Å². The molecule has 1 saturated heterocycles. The lowest BCUT2D eigenvalue weighted by Crippen LogP contribution is -2.48. The van der Waals surface area contributed by atoms with Gasteiger partial charge in [-0.05, 0) is 24.3 Å². The summed E-state index contributed by atoms with van der Waals surface area (Å²) in [4.78, 5) is 28.9. The first kappa shape index (κ1) is 24.2. The fourth-order valence-electron chi connectivity index (χ4n) is 3.83. The minimum Gasteiger partial charge on any atom is -0.495 e. The SMILES string of the molecule is COc1ccccc1Nc1nc(N)nc(CN2CCN(C(=O)c3ccccc3C(F)(F)F)CC2)n1. The Morgan fingerprint density at radius 3 is 2.43 bits per heavy atom.